The zero-order valence-corrected chi connectivity index (χ0v) is 10.8. The second-order valence-corrected chi connectivity index (χ2v) is 4.53. The molecule has 0 saturated carbocycles. The predicted octanol–water partition coefficient (Wildman–Crippen LogP) is 3.72. The normalized spacial score (nSPS) is 12.4. The molecule has 18 heavy (non-hydrogen) atoms. The van der Waals surface area contributed by atoms with Crippen LogP contribution in [0.3, 0.4) is 0 Å². The number of aromatic nitrogens is 1. The van der Waals surface area contributed by atoms with E-state index in [-0.39, 0.29) is 11.9 Å². The van der Waals surface area contributed by atoms with Crippen LogP contribution >= 0.6 is 11.6 Å². The van der Waals surface area contributed by atoms with Crippen molar-refractivity contribution in [2.75, 3.05) is 0 Å². The van der Waals surface area contributed by atoms with Crippen LogP contribution in [0.4, 0.5) is 4.39 Å². The van der Waals surface area contributed by atoms with Crippen LogP contribution < -0.4 is 5.32 Å². The van der Waals surface area contributed by atoms with Crippen LogP contribution in [0, 0.1) is 5.82 Å². The van der Waals surface area contributed by atoms with Crippen molar-refractivity contribution in [2.45, 2.75) is 19.5 Å². The Morgan fingerprint density at radius 2 is 2.00 bits per heavy atom. The lowest BCUT2D eigenvalue weighted by Gasteiger charge is -2.14. The lowest BCUT2D eigenvalue weighted by molar-refractivity contribution is 0.569. The van der Waals surface area contributed by atoms with E-state index in [9.17, 15) is 4.39 Å². The van der Waals surface area contributed by atoms with Gasteiger partial charge in [-0.2, -0.15) is 0 Å². The maximum Gasteiger partial charge on any atom is 0.123 e. The Morgan fingerprint density at radius 3 is 2.72 bits per heavy atom. The van der Waals surface area contributed by atoms with Crippen LogP contribution in [0.1, 0.15) is 24.1 Å². The first-order chi connectivity index (χ1) is 8.66. The van der Waals surface area contributed by atoms with Gasteiger partial charge in [0.05, 0.1) is 0 Å². The minimum atomic E-state index is -0.271. The molecular weight excluding hydrogens is 251 g/mol. The van der Waals surface area contributed by atoms with Crippen LogP contribution in [0.15, 0.2) is 42.7 Å². The first-order valence-electron chi connectivity index (χ1n) is 5.74. The molecule has 0 radical (unpaired) electrons. The van der Waals surface area contributed by atoms with Gasteiger partial charge in [0.2, 0.25) is 0 Å². The summed E-state index contributed by atoms with van der Waals surface area (Å²) in [5, 5.41) is 3.88. The van der Waals surface area contributed by atoms with Crippen molar-refractivity contribution in [1.82, 2.24) is 10.3 Å². The molecule has 0 fully saturated rings. The highest BCUT2D eigenvalue weighted by atomic mass is 35.5. The molecule has 2 rings (SSSR count). The summed E-state index contributed by atoms with van der Waals surface area (Å²) in [6, 6.07) is 8.44. The fourth-order valence-electron chi connectivity index (χ4n) is 1.71. The number of rotatable bonds is 4. The average Bonchev–Trinajstić information content (AvgIpc) is 2.40. The minimum absolute atomic E-state index is 0.160. The van der Waals surface area contributed by atoms with E-state index in [1.807, 2.05) is 19.1 Å². The molecule has 4 heteroatoms. The van der Waals surface area contributed by atoms with Crippen LogP contribution in [-0.4, -0.2) is 4.98 Å². The van der Waals surface area contributed by atoms with E-state index < -0.39 is 0 Å². The van der Waals surface area contributed by atoms with Crippen LogP contribution in [-0.2, 0) is 6.54 Å². The molecule has 1 N–H and O–H groups in total. The first kappa shape index (κ1) is 13.0. The fraction of sp³-hybridized carbons (Fsp3) is 0.214. The first-order valence-corrected chi connectivity index (χ1v) is 6.12. The van der Waals surface area contributed by atoms with Crippen molar-refractivity contribution in [3.63, 3.8) is 0 Å². The van der Waals surface area contributed by atoms with Crippen molar-refractivity contribution in [1.29, 1.82) is 0 Å². The van der Waals surface area contributed by atoms with E-state index in [4.69, 9.17) is 11.6 Å². The molecule has 0 aliphatic rings. The van der Waals surface area contributed by atoms with Gasteiger partial charge in [-0.1, -0.05) is 11.6 Å². The number of nitrogens with one attached hydrogen (secondary N) is 1. The lowest BCUT2D eigenvalue weighted by atomic mass is 10.1. The topological polar surface area (TPSA) is 24.9 Å². The summed E-state index contributed by atoms with van der Waals surface area (Å²) in [7, 11) is 0. The lowest BCUT2D eigenvalue weighted by Crippen LogP contribution is -2.18. The maximum atomic E-state index is 13.1. The van der Waals surface area contributed by atoms with Crippen LogP contribution in [0.5, 0.6) is 0 Å². The smallest absolute Gasteiger partial charge is 0.123 e. The van der Waals surface area contributed by atoms with E-state index in [1.54, 1.807) is 18.5 Å². The van der Waals surface area contributed by atoms with E-state index in [2.05, 4.69) is 10.3 Å². The summed E-state index contributed by atoms with van der Waals surface area (Å²) in [5.41, 5.74) is 1.90. The van der Waals surface area contributed by atoms with Crippen molar-refractivity contribution < 1.29 is 4.39 Å². The van der Waals surface area contributed by atoms with Gasteiger partial charge in [0.15, 0.2) is 0 Å². The number of benzene rings is 1. The Hall–Kier alpha value is -1.45. The third kappa shape index (κ3) is 3.28. The second kappa shape index (κ2) is 5.94. The third-order valence-electron chi connectivity index (χ3n) is 2.81. The van der Waals surface area contributed by atoms with E-state index in [0.717, 1.165) is 11.1 Å². The summed E-state index contributed by atoms with van der Waals surface area (Å²) < 4.78 is 13.1. The van der Waals surface area contributed by atoms with Crippen molar-refractivity contribution >= 4 is 11.6 Å². The summed E-state index contributed by atoms with van der Waals surface area (Å²) in [4.78, 5) is 3.97. The van der Waals surface area contributed by atoms with Gasteiger partial charge >= 0.3 is 0 Å². The van der Waals surface area contributed by atoms with Crippen molar-refractivity contribution in [2.24, 2.45) is 0 Å². The molecule has 0 unspecified atom stereocenters. The predicted molar refractivity (Wildman–Crippen MR) is 70.9 cm³/mol. The molecule has 0 bridgehead atoms. The summed E-state index contributed by atoms with van der Waals surface area (Å²) in [6.07, 6.45) is 3.51. The Labute approximate surface area is 111 Å². The molecule has 0 saturated heterocycles. The van der Waals surface area contributed by atoms with Crippen molar-refractivity contribution in [3.8, 4) is 0 Å². The van der Waals surface area contributed by atoms with Gasteiger partial charge in [-0.25, -0.2) is 4.39 Å². The second-order valence-electron chi connectivity index (χ2n) is 4.12. The molecule has 1 atom stereocenters. The third-order valence-corrected chi connectivity index (χ3v) is 3.18. The summed E-state index contributed by atoms with van der Waals surface area (Å²) in [5.74, 6) is -0.271. The molecule has 2 nitrogen and oxygen atoms in total. The van der Waals surface area contributed by atoms with E-state index in [0.29, 0.717) is 11.6 Å². The van der Waals surface area contributed by atoms with Gasteiger partial charge in [0.25, 0.3) is 0 Å². The van der Waals surface area contributed by atoms with Crippen LogP contribution in [0.2, 0.25) is 5.02 Å². The molecule has 0 amide bonds. The Balaban J connectivity index is 2.01. The average molecular weight is 265 g/mol. The van der Waals surface area contributed by atoms with Gasteiger partial charge in [-0.3, -0.25) is 4.98 Å². The Morgan fingerprint density at radius 1 is 1.28 bits per heavy atom. The number of pyridine rings is 1. The molecule has 1 aromatic carbocycles. The van der Waals surface area contributed by atoms with E-state index >= 15 is 0 Å². The number of hydrogen-bond donors (Lipinski definition) is 1. The standard InChI is InChI=1S/C14H14ClFN2/c1-10(11-4-6-17-7-5-11)18-9-12-8-13(16)2-3-14(12)15/h2-8,10,18H,9H2,1H3/t10-/m0/s1. The Kier molecular flexibility index (Phi) is 4.28. The highest BCUT2D eigenvalue weighted by Crippen LogP contribution is 2.18. The van der Waals surface area contributed by atoms with Gasteiger partial charge < -0.3 is 5.32 Å². The quantitative estimate of drug-likeness (QED) is 0.910. The molecule has 1 heterocycles. The van der Waals surface area contributed by atoms with Gasteiger partial charge in [0, 0.05) is 30.0 Å². The number of nitrogens with zero attached hydrogens (tertiary/aromatic N) is 1. The highest BCUT2D eigenvalue weighted by Gasteiger charge is 2.06. The van der Waals surface area contributed by atoms with Gasteiger partial charge in [-0.15, -0.1) is 0 Å². The number of halogens is 2. The fourth-order valence-corrected chi connectivity index (χ4v) is 1.90. The summed E-state index contributed by atoms with van der Waals surface area (Å²) in [6.45, 7) is 2.57. The molecule has 1 aromatic heterocycles. The largest absolute Gasteiger partial charge is 0.306 e. The zero-order valence-electron chi connectivity index (χ0n) is 10.0. The number of hydrogen-bond acceptors (Lipinski definition) is 2. The summed E-state index contributed by atoms with van der Waals surface area (Å²) >= 11 is 6.01. The molecule has 0 aliphatic heterocycles. The molecule has 0 spiro atoms. The molecule has 0 aliphatic carbocycles. The zero-order chi connectivity index (χ0) is 13.0. The van der Waals surface area contributed by atoms with Gasteiger partial charge in [0.1, 0.15) is 5.82 Å². The molecular formula is C14H14ClFN2. The SMILES string of the molecule is C[C@H](NCc1cc(F)ccc1Cl)c1ccncc1. The minimum Gasteiger partial charge on any atom is -0.306 e. The van der Waals surface area contributed by atoms with Crippen LogP contribution in [0.25, 0.3) is 0 Å². The maximum absolute atomic E-state index is 13.1. The Bertz CT molecular complexity index is 516. The highest BCUT2D eigenvalue weighted by molar-refractivity contribution is 6.31. The monoisotopic (exact) mass is 264 g/mol. The molecule has 2 aromatic rings. The molecule has 94 valence electrons. The van der Waals surface area contributed by atoms with E-state index in [1.165, 1.54) is 12.1 Å². The van der Waals surface area contributed by atoms with Crippen molar-refractivity contribution in [3.05, 3.63) is 64.7 Å². The van der Waals surface area contributed by atoms with Gasteiger partial charge in [-0.05, 0) is 48.4 Å².